The molecule has 0 aromatic rings. The molecule has 0 spiro atoms. The quantitative estimate of drug-likeness (QED) is 0.331. The van der Waals surface area contributed by atoms with Crippen molar-refractivity contribution in [2.24, 2.45) is 0 Å². The Bertz CT molecular complexity index is 270. The first-order chi connectivity index (χ1) is 7.77. The van der Waals surface area contributed by atoms with Gasteiger partial charge in [0.25, 0.3) is 0 Å². The van der Waals surface area contributed by atoms with E-state index < -0.39 is 43.2 Å². The van der Waals surface area contributed by atoms with E-state index in [0.29, 0.717) is 0 Å². The van der Waals surface area contributed by atoms with Crippen LogP contribution in [0.4, 0.5) is 39.5 Å². The molecule has 0 atom stereocenters. The lowest BCUT2D eigenvalue weighted by atomic mass is 10.0. The van der Waals surface area contributed by atoms with Gasteiger partial charge in [0.05, 0.1) is 0 Å². The molecule has 0 radical (unpaired) electrons. The number of halogens is 10. The van der Waals surface area contributed by atoms with Crippen LogP contribution in [-0.2, 0) is 0 Å². The van der Waals surface area contributed by atoms with Gasteiger partial charge in [0.15, 0.2) is 0 Å². The fraction of sp³-hybridized carbons (Fsp3) is 1.00. The molecule has 0 aliphatic heterocycles. The molecule has 0 unspecified atom stereocenters. The van der Waals surface area contributed by atoms with Crippen LogP contribution in [-0.4, -0.2) is 28.4 Å². The van der Waals surface area contributed by atoms with Gasteiger partial charge in [-0.1, -0.05) is 22.6 Å². The van der Waals surface area contributed by atoms with Gasteiger partial charge in [0.2, 0.25) is 0 Å². The molecule has 10 heteroatoms. The smallest absolute Gasteiger partial charge is 0.200 e. The van der Waals surface area contributed by atoms with Crippen LogP contribution >= 0.6 is 22.6 Å². The largest absolute Gasteiger partial charge is 0.453 e. The lowest BCUT2D eigenvalue weighted by Crippen LogP contribution is -2.44. The van der Waals surface area contributed by atoms with E-state index >= 15 is 0 Å². The summed E-state index contributed by atoms with van der Waals surface area (Å²) in [5.41, 5.74) is 0. The van der Waals surface area contributed by atoms with Crippen molar-refractivity contribution in [1.82, 2.24) is 0 Å². The Morgan fingerprint density at radius 1 is 0.556 bits per heavy atom. The van der Waals surface area contributed by atoms with E-state index in [1.165, 1.54) is 22.6 Å². The molecule has 0 heterocycles. The van der Waals surface area contributed by atoms with Gasteiger partial charge in [-0.25, -0.2) is 0 Å². The van der Waals surface area contributed by atoms with Crippen LogP contribution in [0.1, 0.15) is 19.3 Å². The maximum Gasteiger partial charge on any atom is 0.453 e. The molecule has 0 saturated heterocycles. The third-order valence-corrected chi connectivity index (χ3v) is 2.65. The van der Waals surface area contributed by atoms with Gasteiger partial charge >= 0.3 is 23.9 Å². The van der Waals surface area contributed by atoms with Crippen molar-refractivity contribution in [2.75, 3.05) is 4.43 Å². The van der Waals surface area contributed by atoms with E-state index in [4.69, 9.17) is 0 Å². The summed E-state index contributed by atoms with van der Waals surface area (Å²) >= 11 is 1.37. The Hall–Kier alpha value is 0.1000. The summed E-state index contributed by atoms with van der Waals surface area (Å²) in [6.45, 7) is 0. The van der Waals surface area contributed by atoms with Crippen LogP contribution in [0.3, 0.4) is 0 Å². The molecule has 0 amide bonds. The zero-order valence-electron chi connectivity index (χ0n) is 8.61. The number of rotatable bonds is 6. The molecule has 0 nitrogen and oxygen atoms in total. The highest BCUT2D eigenvalue weighted by atomic mass is 127. The lowest BCUT2D eigenvalue weighted by molar-refractivity contribution is -0.293. The number of hydrogen-bond acceptors (Lipinski definition) is 0. The molecule has 110 valence electrons. The minimum Gasteiger partial charge on any atom is -0.200 e. The zero-order chi connectivity index (χ0) is 14.8. The van der Waals surface area contributed by atoms with E-state index in [1.54, 1.807) is 0 Å². The maximum absolute atomic E-state index is 12.9. The molecule has 0 aromatic heterocycles. The third-order valence-electron chi connectivity index (χ3n) is 2.11. The molecule has 0 saturated carbocycles. The monoisotopic (exact) mass is 402 g/mol. The van der Waals surface area contributed by atoms with Gasteiger partial charge in [0, 0.05) is 23.7 Å². The van der Waals surface area contributed by atoms with E-state index in [2.05, 4.69) is 0 Å². The highest BCUT2D eigenvalue weighted by molar-refractivity contribution is 14.1. The third kappa shape index (κ3) is 4.34. The van der Waals surface area contributed by atoms with Crippen LogP contribution < -0.4 is 0 Å². The average molecular weight is 402 g/mol. The van der Waals surface area contributed by atoms with Crippen LogP contribution in [0.5, 0.6) is 0 Å². The van der Waals surface area contributed by atoms with Gasteiger partial charge < -0.3 is 0 Å². The van der Waals surface area contributed by atoms with E-state index in [-0.39, 0.29) is 4.43 Å². The molecule has 0 aliphatic carbocycles. The second-order valence-corrected chi connectivity index (χ2v) is 4.63. The summed E-state index contributed by atoms with van der Waals surface area (Å²) in [6.07, 6.45) is -11.9. The molecule has 0 aromatic carbocycles. The fourth-order valence-electron chi connectivity index (χ4n) is 0.940. The predicted octanol–water partition coefficient (Wildman–Crippen LogP) is 5.06. The van der Waals surface area contributed by atoms with Gasteiger partial charge in [0.1, 0.15) is 0 Å². The normalized spacial score (nSPS) is 15.0. The Labute approximate surface area is 110 Å². The van der Waals surface area contributed by atoms with Crippen molar-refractivity contribution in [3.05, 3.63) is 0 Å². The molecular weight excluding hydrogens is 394 g/mol. The summed E-state index contributed by atoms with van der Waals surface area (Å²) < 4.78 is 111. The molecule has 0 fully saturated rings. The van der Waals surface area contributed by atoms with Crippen LogP contribution in [0, 0.1) is 0 Å². The first kappa shape index (κ1) is 18.1. The lowest BCUT2D eigenvalue weighted by Gasteiger charge is -2.28. The highest BCUT2D eigenvalue weighted by Gasteiger charge is 2.61. The van der Waals surface area contributed by atoms with E-state index in [9.17, 15) is 39.5 Å². The molecule has 0 rings (SSSR count). The Balaban J connectivity index is 4.72. The molecular formula is C8H8F9I. The zero-order valence-corrected chi connectivity index (χ0v) is 10.8. The van der Waals surface area contributed by atoms with Crippen LogP contribution in [0.25, 0.3) is 0 Å². The van der Waals surface area contributed by atoms with Crippen molar-refractivity contribution >= 4 is 22.6 Å². The van der Waals surface area contributed by atoms with Crippen molar-refractivity contribution in [3.8, 4) is 0 Å². The van der Waals surface area contributed by atoms with Crippen LogP contribution in [0.2, 0.25) is 0 Å². The Morgan fingerprint density at radius 3 is 1.22 bits per heavy atom. The summed E-state index contributed by atoms with van der Waals surface area (Å²) in [7, 11) is 0. The summed E-state index contributed by atoms with van der Waals surface area (Å²) in [5.74, 6) is -14.9. The summed E-state index contributed by atoms with van der Waals surface area (Å²) in [4.78, 5) is 0. The van der Waals surface area contributed by atoms with E-state index in [0.717, 1.165) is 0 Å². The molecule has 0 aliphatic rings. The van der Waals surface area contributed by atoms with Gasteiger partial charge in [-0.3, -0.25) is 0 Å². The second kappa shape index (κ2) is 5.61. The first-order valence-corrected chi connectivity index (χ1v) is 6.05. The molecule has 0 N–H and O–H groups in total. The second-order valence-electron chi connectivity index (χ2n) is 3.55. The van der Waals surface area contributed by atoms with Crippen molar-refractivity contribution in [2.45, 2.75) is 43.2 Å². The standard InChI is InChI=1S/C8H8F9I/c9-5(10,6(11,12)3-4-18)1-2-7(13,14)8(15,16)17/h1-4H2. The summed E-state index contributed by atoms with van der Waals surface area (Å²) in [6, 6.07) is 0. The SMILES string of the molecule is FC(F)(F)C(F)(F)CCC(F)(F)C(F)(F)CCI. The predicted molar refractivity (Wildman–Crippen MR) is 53.6 cm³/mol. The first-order valence-electron chi connectivity index (χ1n) is 4.53. The van der Waals surface area contributed by atoms with Gasteiger partial charge in [-0.05, 0) is 0 Å². The minimum absolute atomic E-state index is 0.379. The molecule has 0 bridgehead atoms. The van der Waals surface area contributed by atoms with E-state index in [1.807, 2.05) is 0 Å². The number of hydrogen-bond donors (Lipinski definition) is 0. The molecule has 18 heavy (non-hydrogen) atoms. The van der Waals surface area contributed by atoms with Gasteiger partial charge in [-0.2, -0.15) is 39.5 Å². The Kier molecular flexibility index (Phi) is 5.64. The Morgan fingerprint density at radius 2 is 0.889 bits per heavy atom. The number of alkyl halides is 10. The van der Waals surface area contributed by atoms with Crippen molar-refractivity contribution in [3.63, 3.8) is 0 Å². The van der Waals surface area contributed by atoms with Crippen LogP contribution in [0.15, 0.2) is 0 Å². The minimum atomic E-state index is -6.03. The van der Waals surface area contributed by atoms with Crippen molar-refractivity contribution < 1.29 is 39.5 Å². The highest BCUT2D eigenvalue weighted by Crippen LogP contribution is 2.45. The fourth-order valence-corrected chi connectivity index (χ4v) is 1.62. The topological polar surface area (TPSA) is 0 Å². The van der Waals surface area contributed by atoms with Crippen molar-refractivity contribution in [1.29, 1.82) is 0 Å². The summed E-state index contributed by atoms with van der Waals surface area (Å²) in [5, 5.41) is 0. The van der Waals surface area contributed by atoms with Gasteiger partial charge in [-0.15, -0.1) is 0 Å². The average Bonchev–Trinajstić information content (AvgIpc) is 2.13. The maximum atomic E-state index is 12.9.